The largest absolute Gasteiger partial charge is 0.382 e. The number of halogens is 3. The van der Waals surface area contributed by atoms with E-state index < -0.39 is 29.0 Å². The van der Waals surface area contributed by atoms with Crippen LogP contribution in [0.1, 0.15) is 24.1 Å². The van der Waals surface area contributed by atoms with Gasteiger partial charge in [-0.3, -0.25) is 4.98 Å². The molecule has 25 heavy (non-hydrogen) atoms. The fourth-order valence-corrected chi connectivity index (χ4v) is 2.74. The molecule has 0 spiro atoms. The van der Waals surface area contributed by atoms with Gasteiger partial charge in [0.2, 0.25) is 0 Å². The molecule has 0 unspecified atom stereocenters. The Bertz CT molecular complexity index is 874. The fraction of sp³-hybridized carbons (Fsp3) is 0.250. The van der Waals surface area contributed by atoms with Gasteiger partial charge in [0.1, 0.15) is 29.4 Å². The van der Waals surface area contributed by atoms with Crippen LogP contribution in [0.4, 0.5) is 13.2 Å². The Labute approximate surface area is 140 Å². The highest BCUT2D eigenvalue weighted by Gasteiger charge is 2.41. The van der Waals surface area contributed by atoms with E-state index in [0.29, 0.717) is 6.07 Å². The molecule has 0 radical (unpaired) electrons. The maximum Gasteiger partial charge on any atom is 0.145 e. The second-order valence-electron chi connectivity index (χ2n) is 5.65. The Morgan fingerprint density at radius 2 is 2.00 bits per heavy atom. The van der Waals surface area contributed by atoms with E-state index >= 15 is 0 Å². The molecule has 6 nitrogen and oxygen atoms in total. The van der Waals surface area contributed by atoms with E-state index in [1.54, 1.807) is 0 Å². The molecule has 0 aliphatic heterocycles. The summed E-state index contributed by atoms with van der Waals surface area (Å²) in [6.45, 7) is 1.22. The highest BCUT2D eigenvalue weighted by molar-refractivity contribution is 5.30. The zero-order valence-corrected chi connectivity index (χ0v) is 13.1. The predicted octanol–water partition coefficient (Wildman–Crippen LogP) is 2.18. The quantitative estimate of drug-likeness (QED) is 0.764. The van der Waals surface area contributed by atoms with Crippen LogP contribution in [0.25, 0.3) is 0 Å². The summed E-state index contributed by atoms with van der Waals surface area (Å²) >= 11 is 0. The number of hydrogen-bond donors (Lipinski definition) is 1. The van der Waals surface area contributed by atoms with Gasteiger partial charge >= 0.3 is 0 Å². The van der Waals surface area contributed by atoms with Crippen LogP contribution < -0.4 is 0 Å². The van der Waals surface area contributed by atoms with Crippen molar-refractivity contribution < 1.29 is 18.3 Å². The highest BCUT2D eigenvalue weighted by atomic mass is 19.1. The van der Waals surface area contributed by atoms with Gasteiger partial charge in [0.05, 0.1) is 12.2 Å². The Kier molecular flexibility index (Phi) is 4.49. The molecule has 9 heteroatoms. The Balaban J connectivity index is 2.13. The smallest absolute Gasteiger partial charge is 0.145 e. The van der Waals surface area contributed by atoms with E-state index in [-0.39, 0.29) is 17.8 Å². The van der Waals surface area contributed by atoms with Gasteiger partial charge in [-0.15, -0.1) is 5.10 Å². The standard InChI is InChI=1S/C16H14F3N5O/c1-10(15-13(18)3-2-6-20-15)16(25,8-24-9-21-22-23-24)12-5-4-11(17)7-14(12)19/h2-7,9-10,25H,8H2,1H3/t10-,16+/m0/s1. The van der Waals surface area contributed by atoms with Crippen molar-refractivity contribution in [3.05, 3.63) is 71.6 Å². The summed E-state index contributed by atoms with van der Waals surface area (Å²) in [6.07, 6.45) is 2.60. The molecule has 2 atom stereocenters. The third-order valence-corrected chi connectivity index (χ3v) is 4.11. The van der Waals surface area contributed by atoms with E-state index in [9.17, 15) is 18.3 Å². The summed E-state index contributed by atoms with van der Waals surface area (Å²) in [7, 11) is 0. The molecule has 3 rings (SSSR count). The fourth-order valence-electron chi connectivity index (χ4n) is 2.74. The SMILES string of the molecule is C[C@@H](c1ncccc1F)[C@](O)(Cn1cnnn1)c1ccc(F)cc1F. The molecule has 0 aliphatic carbocycles. The molecule has 1 N–H and O–H groups in total. The average Bonchev–Trinajstić information content (AvgIpc) is 3.07. The lowest BCUT2D eigenvalue weighted by atomic mass is 9.79. The van der Waals surface area contributed by atoms with Crippen LogP contribution in [0, 0.1) is 17.5 Å². The van der Waals surface area contributed by atoms with Crippen molar-refractivity contribution in [3.63, 3.8) is 0 Å². The second-order valence-corrected chi connectivity index (χ2v) is 5.65. The van der Waals surface area contributed by atoms with E-state index in [1.165, 1.54) is 36.3 Å². The highest BCUT2D eigenvalue weighted by Crippen LogP contribution is 2.39. The van der Waals surface area contributed by atoms with Gasteiger partial charge in [-0.1, -0.05) is 13.0 Å². The van der Waals surface area contributed by atoms with Crippen LogP contribution in [0.15, 0.2) is 42.9 Å². The number of pyridine rings is 1. The maximum atomic E-state index is 14.4. The van der Waals surface area contributed by atoms with Gasteiger partial charge in [-0.2, -0.15) is 0 Å². The first kappa shape index (κ1) is 17.0. The Hall–Kier alpha value is -2.81. The molecule has 2 aromatic heterocycles. The van der Waals surface area contributed by atoms with Crippen molar-refractivity contribution in [1.29, 1.82) is 0 Å². The summed E-state index contributed by atoms with van der Waals surface area (Å²) in [5.74, 6) is -3.37. The molecule has 0 saturated carbocycles. The number of aromatic nitrogens is 5. The summed E-state index contributed by atoms with van der Waals surface area (Å²) in [5, 5.41) is 21.9. The van der Waals surface area contributed by atoms with Crippen LogP contribution >= 0.6 is 0 Å². The Morgan fingerprint density at radius 3 is 2.64 bits per heavy atom. The summed E-state index contributed by atoms with van der Waals surface area (Å²) in [5.41, 5.74) is -2.23. The zero-order valence-electron chi connectivity index (χ0n) is 13.1. The number of nitrogens with zero attached hydrogens (tertiary/aromatic N) is 5. The minimum Gasteiger partial charge on any atom is -0.382 e. The molecule has 0 amide bonds. The predicted molar refractivity (Wildman–Crippen MR) is 80.7 cm³/mol. The number of hydrogen-bond acceptors (Lipinski definition) is 5. The van der Waals surface area contributed by atoms with Crippen molar-refractivity contribution in [2.45, 2.75) is 25.0 Å². The maximum absolute atomic E-state index is 14.4. The first-order valence-corrected chi connectivity index (χ1v) is 7.41. The van der Waals surface area contributed by atoms with Gasteiger partial charge in [0, 0.05) is 23.7 Å². The molecule has 0 bridgehead atoms. The summed E-state index contributed by atoms with van der Waals surface area (Å²) in [4.78, 5) is 3.95. The van der Waals surface area contributed by atoms with Crippen molar-refractivity contribution in [1.82, 2.24) is 25.2 Å². The van der Waals surface area contributed by atoms with Crippen LogP contribution in [-0.2, 0) is 12.1 Å². The number of benzene rings is 1. The average molecular weight is 349 g/mol. The van der Waals surface area contributed by atoms with E-state index in [4.69, 9.17) is 0 Å². The molecule has 3 aromatic rings. The monoisotopic (exact) mass is 349 g/mol. The summed E-state index contributed by atoms with van der Waals surface area (Å²) < 4.78 is 43.0. The van der Waals surface area contributed by atoms with Crippen LogP contribution in [-0.4, -0.2) is 30.3 Å². The third kappa shape index (κ3) is 3.22. The van der Waals surface area contributed by atoms with Crippen LogP contribution in [0.2, 0.25) is 0 Å². The van der Waals surface area contributed by atoms with Gasteiger partial charge in [0.25, 0.3) is 0 Å². The van der Waals surface area contributed by atoms with E-state index in [1.807, 2.05) is 0 Å². The van der Waals surface area contributed by atoms with Crippen molar-refractivity contribution in [3.8, 4) is 0 Å². The van der Waals surface area contributed by atoms with Crippen LogP contribution in [0.3, 0.4) is 0 Å². The van der Waals surface area contributed by atoms with Crippen molar-refractivity contribution in [2.75, 3.05) is 0 Å². The van der Waals surface area contributed by atoms with Gasteiger partial charge in [0.15, 0.2) is 0 Å². The molecule has 0 aliphatic rings. The van der Waals surface area contributed by atoms with E-state index in [2.05, 4.69) is 20.5 Å². The molecular formula is C16H14F3N5O. The topological polar surface area (TPSA) is 76.7 Å². The van der Waals surface area contributed by atoms with Crippen molar-refractivity contribution >= 4 is 0 Å². The lowest BCUT2D eigenvalue weighted by Crippen LogP contribution is -2.39. The van der Waals surface area contributed by atoms with Crippen LogP contribution in [0.5, 0.6) is 0 Å². The third-order valence-electron chi connectivity index (χ3n) is 4.11. The van der Waals surface area contributed by atoms with E-state index in [0.717, 1.165) is 12.1 Å². The molecule has 2 heterocycles. The van der Waals surface area contributed by atoms with Gasteiger partial charge in [-0.05, 0) is 28.6 Å². The molecule has 0 fully saturated rings. The molecule has 1 aromatic carbocycles. The lowest BCUT2D eigenvalue weighted by Gasteiger charge is -2.34. The normalized spacial score (nSPS) is 14.9. The zero-order chi connectivity index (χ0) is 18.0. The minimum absolute atomic E-state index is 0.0539. The lowest BCUT2D eigenvalue weighted by molar-refractivity contribution is -0.0137. The van der Waals surface area contributed by atoms with Crippen molar-refractivity contribution in [2.24, 2.45) is 0 Å². The molecule has 130 valence electrons. The summed E-state index contributed by atoms with van der Waals surface area (Å²) in [6, 6.07) is 5.39. The molecular weight excluding hydrogens is 335 g/mol. The number of aliphatic hydroxyl groups is 1. The first-order valence-electron chi connectivity index (χ1n) is 7.41. The molecule has 0 saturated heterocycles. The van der Waals surface area contributed by atoms with Gasteiger partial charge in [-0.25, -0.2) is 17.9 Å². The first-order chi connectivity index (χ1) is 11.9. The second kappa shape index (κ2) is 6.60. The Morgan fingerprint density at radius 1 is 1.20 bits per heavy atom. The number of tetrazole rings is 1. The minimum atomic E-state index is -1.97. The van der Waals surface area contributed by atoms with Gasteiger partial charge < -0.3 is 5.11 Å². The number of rotatable bonds is 5.